The Morgan fingerprint density at radius 3 is 2.11 bits per heavy atom. The number of alkyl halides is 1. The van der Waals surface area contributed by atoms with Crippen molar-refractivity contribution in [3.05, 3.63) is 70.8 Å². The van der Waals surface area contributed by atoms with E-state index < -0.39 is 0 Å². The third-order valence-electron chi connectivity index (χ3n) is 3.54. The molecule has 0 saturated carbocycles. The zero-order chi connectivity index (χ0) is 13.0. The van der Waals surface area contributed by atoms with Gasteiger partial charge in [-0.1, -0.05) is 64.5 Å². The quantitative estimate of drug-likeness (QED) is 0.695. The topological polar surface area (TPSA) is 0 Å². The Morgan fingerprint density at radius 1 is 0.889 bits per heavy atom. The largest absolute Gasteiger partial charge is 0.0921 e. The molecule has 2 aromatic rings. The summed E-state index contributed by atoms with van der Waals surface area (Å²) in [5.41, 5.74) is 5.68. The number of halogens is 1. The molecule has 2 rings (SSSR count). The van der Waals surface area contributed by atoms with Gasteiger partial charge in [0.15, 0.2) is 0 Å². The minimum absolute atomic E-state index is 0.548. The number of aryl methyl sites for hydroxylation is 2. The SMILES string of the molecule is Cc1ccccc1CC(CBr)c1ccccc1C. The van der Waals surface area contributed by atoms with Gasteiger partial charge in [-0.05, 0) is 48.4 Å². The van der Waals surface area contributed by atoms with Crippen molar-refractivity contribution in [3.8, 4) is 0 Å². The van der Waals surface area contributed by atoms with Gasteiger partial charge in [-0.15, -0.1) is 0 Å². The van der Waals surface area contributed by atoms with Crippen LogP contribution in [0.5, 0.6) is 0 Å². The molecule has 0 aromatic heterocycles. The summed E-state index contributed by atoms with van der Waals surface area (Å²) in [5, 5.41) is 1.01. The lowest BCUT2D eigenvalue weighted by molar-refractivity contribution is 0.765. The zero-order valence-electron chi connectivity index (χ0n) is 11.0. The number of hydrogen-bond donors (Lipinski definition) is 0. The van der Waals surface area contributed by atoms with Gasteiger partial charge in [0.1, 0.15) is 0 Å². The second kappa shape index (κ2) is 6.19. The maximum absolute atomic E-state index is 3.67. The molecule has 94 valence electrons. The molecule has 0 nitrogen and oxygen atoms in total. The lowest BCUT2D eigenvalue weighted by Crippen LogP contribution is -2.07. The van der Waals surface area contributed by atoms with Crippen molar-refractivity contribution < 1.29 is 0 Å². The van der Waals surface area contributed by atoms with E-state index in [0.29, 0.717) is 5.92 Å². The van der Waals surface area contributed by atoms with Crippen molar-refractivity contribution in [2.45, 2.75) is 26.2 Å². The highest BCUT2D eigenvalue weighted by Gasteiger charge is 2.13. The molecule has 1 atom stereocenters. The van der Waals surface area contributed by atoms with Crippen LogP contribution in [-0.2, 0) is 6.42 Å². The molecule has 18 heavy (non-hydrogen) atoms. The Balaban J connectivity index is 2.26. The van der Waals surface area contributed by atoms with E-state index in [2.05, 4.69) is 78.3 Å². The Hall–Kier alpha value is -1.08. The van der Waals surface area contributed by atoms with Crippen LogP contribution in [0.4, 0.5) is 0 Å². The van der Waals surface area contributed by atoms with Crippen LogP contribution in [0.25, 0.3) is 0 Å². The van der Waals surface area contributed by atoms with E-state index in [4.69, 9.17) is 0 Å². The fourth-order valence-corrected chi connectivity index (χ4v) is 2.97. The summed E-state index contributed by atoms with van der Waals surface area (Å²) in [6.45, 7) is 4.39. The molecule has 0 heterocycles. The van der Waals surface area contributed by atoms with Crippen molar-refractivity contribution >= 4 is 15.9 Å². The Kier molecular flexibility index (Phi) is 4.60. The van der Waals surface area contributed by atoms with Gasteiger partial charge in [0.05, 0.1) is 0 Å². The van der Waals surface area contributed by atoms with E-state index >= 15 is 0 Å². The summed E-state index contributed by atoms with van der Waals surface area (Å²) in [5.74, 6) is 0.548. The molecule has 1 unspecified atom stereocenters. The highest BCUT2D eigenvalue weighted by Crippen LogP contribution is 2.26. The van der Waals surface area contributed by atoms with E-state index in [9.17, 15) is 0 Å². The molecule has 0 saturated heterocycles. The van der Waals surface area contributed by atoms with Crippen molar-refractivity contribution in [1.82, 2.24) is 0 Å². The third-order valence-corrected chi connectivity index (χ3v) is 4.32. The molecule has 0 N–H and O–H groups in total. The maximum atomic E-state index is 3.67. The molecule has 0 aliphatic rings. The third kappa shape index (κ3) is 3.02. The molecule has 0 spiro atoms. The van der Waals surface area contributed by atoms with Crippen LogP contribution >= 0.6 is 15.9 Å². The second-order valence-electron chi connectivity index (χ2n) is 4.84. The van der Waals surface area contributed by atoms with E-state index in [1.54, 1.807) is 0 Å². The smallest absolute Gasteiger partial charge is 0.0103 e. The van der Waals surface area contributed by atoms with Gasteiger partial charge in [0, 0.05) is 5.33 Å². The highest BCUT2D eigenvalue weighted by molar-refractivity contribution is 9.09. The summed E-state index contributed by atoms with van der Waals surface area (Å²) in [7, 11) is 0. The standard InChI is InChI=1S/C17H19Br/c1-13-7-3-5-9-15(13)11-16(12-18)17-10-6-4-8-14(17)2/h3-10,16H,11-12H2,1-2H3. The predicted octanol–water partition coefficient (Wildman–Crippen LogP) is 5.02. The summed E-state index contributed by atoms with van der Waals surface area (Å²) < 4.78 is 0. The maximum Gasteiger partial charge on any atom is 0.0103 e. The van der Waals surface area contributed by atoms with Crippen LogP contribution in [-0.4, -0.2) is 5.33 Å². The first-order valence-corrected chi connectivity index (χ1v) is 7.50. The normalized spacial score (nSPS) is 12.4. The van der Waals surface area contributed by atoms with E-state index in [-0.39, 0.29) is 0 Å². The minimum atomic E-state index is 0.548. The van der Waals surface area contributed by atoms with Gasteiger partial charge in [-0.2, -0.15) is 0 Å². The van der Waals surface area contributed by atoms with Crippen LogP contribution in [0.3, 0.4) is 0 Å². The molecule has 0 aliphatic heterocycles. The Morgan fingerprint density at radius 2 is 1.50 bits per heavy atom. The van der Waals surface area contributed by atoms with Gasteiger partial charge in [0.25, 0.3) is 0 Å². The van der Waals surface area contributed by atoms with Gasteiger partial charge >= 0.3 is 0 Å². The van der Waals surface area contributed by atoms with Crippen molar-refractivity contribution in [2.24, 2.45) is 0 Å². The van der Waals surface area contributed by atoms with Crippen molar-refractivity contribution in [2.75, 3.05) is 5.33 Å². The average molecular weight is 303 g/mol. The molecular weight excluding hydrogens is 284 g/mol. The summed E-state index contributed by atoms with van der Waals surface area (Å²) in [6, 6.07) is 17.4. The monoisotopic (exact) mass is 302 g/mol. The number of rotatable bonds is 4. The van der Waals surface area contributed by atoms with Crippen molar-refractivity contribution in [1.29, 1.82) is 0 Å². The first-order valence-electron chi connectivity index (χ1n) is 6.38. The lowest BCUT2D eigenvalue weighted by atomic mass is 9.89. The average Bonchev–Trinajstić information content (AvgIpc) is 2.39. The van der Waals surface area contributed by atoms with Gasteiger partial charge in [-0.3, -0.25) is 0 Å². The zero-order valence-corrected chi connectivity index (χ0v) is 12.6. The number of benzene rings is 2. The molecule has 0 amide bonds. The molecule has 0 aliphatic carbocycles. The van der Waals surface area contributed by atoms with Crippen LogP contribution in [0.15, 0.2) is 48.5 Å². The molecular formula is C17H19Br. The second-order valence-corrected chi connectivity index (χ2v) is 5.49. The van der Waals surface area contributed by atoms with Crippen LogP contribution in [0.1, 0.15) is 28.2 Å². The van der Waals surface area contributed by atoms with Gasteiger partial charge in [-0.25, -0.2) is 0 Å². The van der Waals surface area contributed by atoms with Crippen molar-refractivity contribution in [3.63, 3.8) is 0 Å². The Bertz CT molecular complexity index is 517. The summed E-state index contributed by atoms with van der Waals surface area (Å²) in [4.78, 5) is 0. The molecule has 0 radical (unpaired) electrons. The van der Waals surface area contributed by atoms with E-state index in [1.165, 1.54) is 22.3 Å². The summed E-state index contributed by atoms with van der Waals surface area (Å²) in [6.07, 6.45) is 1.10. The minimum Gasteiger partial charge on any atom is -0.0921 e. The molecule has 0 bridgehead atoms. The fraction of sp³-hybridized carbons (Fsp3) is 0.294. The molecule has 1 heteroatoms. The number of hydrogen-bond acceptors (Lipinski definition) is 0. The van der Waals surface area contributed by atoms with Crippen LogP contribution in [0, 0.1) is 13.8 Å². The molecule has 0 fully saturated rings. The highest BCUT2D eigenvalue weighted by atomic mass is 79.9. The van der Waals surface area contributed by atoms with Gasteiger partial charge in [0.2, 0.25) is 0 Å². The van der Waals surface area contributed by atoms with E-state index in [1.807, 2.05) is 0 Å². The first-order chi connectivity index (χ1) is 8.72. The molecule has 2 aromatic carbocycles. The fourth-order valence-electron chi connectivity index (χ4n) is 2.40. The predicted molar refractivity (Wildman–Crippen MR) is 82.6 cm³/mol. The Labute approximate surface area is 118 Å². The van der Waals surface area contributed by atoms with E-state index in [0.717, 1.165) is 11.8 Å². The van der Waals surface area contributed by atoms with Crippen LogP contribution < -0.4 is 0 Å². The first kappa shape index (κ1) is 13.4. The summed E-state index contributed by atoms with van der Waals surface area (Å²) >= 11 is 3.67. The lowest BCUT2D eigenvalue weighted by Gasteiger charge is -2.18. The van der Waals surface area contributed by atoms with Gasteiger partial charge < -0.3 is 0 Å². The van der Waals surface area contributed by atoms with Crippen LogP contribution in [0.2, 0.25) is 0 Å².